The first kappa shape index (κ1) is 17.1. The highest BCUT2D eigenvalue weighted by Crippen LogP contribution is 2.25. The predicted octanol–water partition coefficient (Wildman–Crippen LogP) is 1.72. The van der Waals surface area contributed by atoms with Gasteiger partial charge >= 0.3 is 0 Å². The van der Waals surface area contributed by atoms with Gasteiger partial charge < -0.3 is 9.64 Å². The number of carbonyl (C=O) groups is 2. The molecule has 1 aromatic heterocycles. The first-order valence-electron chi connectivity index (χ1n) is 8.37. The van der Waals surface area contributed by atoms with E-state index < -0.39 is 0 Å². The van der Waals surface area contributed by atoms with Crippen LogP contribution in [0.25, 0.3) is 0 Å². The molecule has 7 nitrogen and oxygen atoms in total. The summed E-state index contributed by atoms with van der Waals surface area (Å²) in [6, 6.07) is 5.48. The molecule has 132 valence electrons. The number of hydrogen-bond acceptors (Lipinski definition) is 5. The average molecular weight is 342 g/mol. The molecule has 0 N–H and O–H groups in total. The molecular formula is C18H22N4O3. The van der Waals surface area contributed by atoms with Gasteiger partial charge in [-0.1, -0.05) is 0 Å². The summed E-state index contributed by atoms with van der Waals surface area (Å²) in [5, 5.41) is 3.96. The first-order valence-corrected chi connectivity index (χ1v) is 8.37. The first-order chi connectivity index (χ1) is 12.1. The molecule has 1 unspecified atom stereocenters. The summed E-state index contributed by atoms with van der Waals surface area (Å²) < 4.78 is 6.70. The molecule has 25 heavy (non-hydrogen) atoms. The van der Waals surface area contributed by atoms with Crippen molar-refractivity contribution in [1.29, 1.82) is 0 Å². The van der Waals surface area contributed by atoms with Crippen LogP contribution < -0.4 is 4.74 Å². The summed E-state index contributed by atoms with van der Waals surface area (Å²) in [4.78, 5) is 30.9. The minimum Gasteiger partial charge on any atom is -0.497 e. The van der Waals surface area contributed by atoms with Crippen LogP contribution in [0.1, 0.15) is 28.8 Å². The number of hydrogen-bond donors (Lipinski definition) is 0. The summed E-state index contributed by atoms with van der Waals surface area (Å²) in [7, 11) is 1.61. The highest BCUT2D eigenvalue weighted by atomic mass is 16.5. The van der Waals surface area contributed by atoms with Crippen molar-refractivity contribution in [2.75, 3.05) is 20.2 Å². The third-order valence-electron chi connectivity index (χ3n) is 4.61. The lowest BCUT2D eigenvalue weighted by atomic mass is 9.88. The van der Waals surface area contributed by atoms with Gasteiger partial charge in [0.25, 0.3) is 0 Å². The number of Topliss-reactive ketones (excluding diaryl/α,β-unsaturated/α-hetero) is 1. The molecule has 3 rings (SSSR count). The van der Waals surface area contributed by atoms with Crippen LogP contribution in [-0.2, 0) is 11.3 Å². The fourth-order valence-electron chi connectivity index (χ4n) is 3.23. The van der Waals surface area contributed by atoms with Crippen LogP contribution in [0.2, 0.25) is 0 Å². The van der Waals surface area contributed by atoms with Gasteiger partial charge in [0.2, 0.25) is 5.91 Å². The minimum absolute atomic E-state index is 0.0329. The topological polar surface area (TPSA) is 77.3 Å². The fraction of sp³-hybridized carbons (Fsp3) is 0.444. The minimum atomic E-state index is -0.166. The molecule has 1 aromatic carbocycles. The summed E-state index contributed by atoms with van der Waals surface area (Å²) >= 11 is 0. The van der Waals surface area contributed by atoms with E-state index in [1.165, 1.54) is 17.3 Å². The quantitative estimate of drug-likeness (QED) is 0.773. The zero-order chi connectivity index (χ0) is 17.8. The number of nitrogens with zero attached hydrogens (tertiary/aromatic N) is 4. The Hall–Kier alpha value is -2.70. The van der Waals surface area contributed by atoms with Crippen molar-refractivity contribution in [1.82, 2.24) is 19.7 Å². The summed E-state index contributed by atoms with van der Waals surface area (Å²) in [5.74, 6) is 0.635. The number of carbonyl (C=O) groups excluding carboxylic acids is 2. The molecule has 1 saturated heterocycles. The number of ether oxygens (including phenoxy) is 1. The fourth-order valence-corrected chi connectivity index (χ4v) is 3.23. The third-order valence-corrected chi connectivity index (χ3v) is 4.61. The molecule has 7 heteroatoms. The number of benzene rings is 1. The monoisotopic (exact) mass is 342 g/mol. The molecule has 1 amide bonds. The lowest BCUT2D eigenvalue weighted by Gasteiger charge is -2.32. The second kappa shape index (κ2) is 7.46. The van der Waals surface area contributed by atoms with Crippen molar-refractivity contribution >= 4 is 11.7 Å². The molecule has 2 heterocycles. The molecule has 0 saturated carbocycles. The van der Waals surface area contributed by atoms with E-state index in [2.05, 4.69) is 10.1 Å². The van der Waals surface area contributed by atoms with E-state index in [9.17, 15) is 9.59 Å². The van der Waals surface area contributed by atoms with Gasteiger partial charge in [-0.2, -0.15) is 5.10 Å². The van der Waals surface area contributed by atoms with Crippen LogP contribution in [0.4, 0.5) is 0 Å². The maximum atomic E-state index is 12.9. The Morgan fingerprint density at radius 1 is 1.36 bits per heavy atom. The number of aromatic nitrogens is 3. The highest BCUT2D eigenvalue weighted by Gasteiger charge is 2.29. The zero-order valence-electron chi connectivity index (χ0n) is 14.5. The van der Waals surface area contributed by atoms with Gasteiger partial charge in [0, 0.05) is 24.6 Å². The molecule has 1 aliphatic heterocycles. The Balaban J connectivity index is 1.68. The van der Waals surface area contributed by atoms with E-state index >= 15 is 0 Å². The second-order valence-electron chi connectivity index (χ2n) is 6.32. The van der Waals surface area contributed by atoms with Gasteiger partial charge in [-0.15, -0.1) is 0 Å². The van der Waals surface area contributed by atoms with Gasteiger partial charge in [-0.3, -0.25) is 9.59 Å². The van der Waals surface area contributed by atoms with Crippen LogP contribution in [0.3, 0.4) is 0 Å². The summed E-state index contributed by atoms with van der Waals surface area (Å²) in [5.41, 5.74) is 1.60. The Morgan fingerprint density at radius 2 is 2.20 bits per heavy atom. The largest absolute Gasteiger partial charge is 0.497 e. The van der Waals surface area contributed by atoms with Crippen LogP contribution in [0.5, 0.6) is 5.75 Å². The molecule has 0 bridgehead atoms. The lowest BCUT2D eigenvalue weighted by Crippen LogP contribution is -2.43. The van der Waals surface area contributed by atoms with E-state index in [1.807, 2.05) is 19.1 Å². The van der Waals surface area contributed by atoms with Crippen LogP contribution in [-0.4, -0.2) is 51.6 Å². The van der Waals surface area contributed by atoms with Crippen molar-refractivity contribution in [3.05, 3.63) is 42.0 Å². The molecular weight excluding hydrogens is 320 g/mol. The zero-order valence-corrected chi connectivity index (χ0v) is 14.5. The normalized spacial score (nSPS) is 17.4. The second-order valence-corrected chi connectivity index (χ2v) is 6.32. The highest BCUT2D eigenvalue weighted by molar-refractivity contribution is 5.99. The summed E-state index contributed by atoms with van der Waals surface area (Å²) in [6.07, 6.45) is 4.56. The van der Waals surface area contributed by atoms with Crippen molar-refractivity contribution in [2.45, 2.75) is 26.3 Å². The number of rotatable bonds is 5. The molecule has 1 fully saturated rings. The van der Waals surface area contributed by atoms with Gasteiger partial charge in [0.15, 0.2) is 5.78 Å². The number of methoxy groups -OCH3 is 1. The number of ketones is 1. The molecule has 0 spiro atoms. The predicted molar refractivity (Wildman–Crippen MR) is 91.4 cm³/mol. The van der Waals surface area contributed by atoms with E-state index in [0.29, 0.717) is 18.7 Å². The van der Waals surface area contributed by atoms with E-state index in [-0.39, 0.29) is 24.2 Å². The molecule has 1 aliphatic rings. The third kappa shape index (κ3) is 3.87. The number of likely N-dealkylation sites (tertiary alicyclic amines) is 1. The van der Waals surface area contributed by atoms with Crippen LogP contribution >= 0.6 is 0 Å². The van der Waals surface area contributed by atoms with Crippen LogP contribution in [0.15, 0.2) is 30.9 Å². The average Bonchev–Trinajstić information content (AvgIpc) is 3.14. The van der Waals surface area contributed by atoms with Gasteiger partial charge in [0.05, 0.1) is 7.11 Å². The summed E-state index contributed by atoms with van der Waals surface area (Å²) in [6.45, 7) is 3.20. The van der Waals surface area contributed by atoms with Gasteiger partial charge in [-0.05, 0) is 43.5 Å². The van der Waals surface area contributed by atoms with E-state index in [1.54, 1.807) is 18.1 Å². The Kier molecular flexibility index (Phi) is 5.11. The Labute approximate surface area is 146 Å². The standard InChI is InChI=1S/C18H22N4O3/c1-13-8-15(25-2)5-6-16(13)18(24)14-4-3-7-21(9-14)17(23)10-22-12-19-11-20-22/h5-6,8,11-12,14H,3-4,7,9-10H2,1-2H3. The van der Waals surface area contributed by atoms with Gasteiger partial charge in [0.1, 0.15) is 24.9 Å². The Bertz CT molecular complexity index is 758. The number of amides is 1. The van der Waals surface area contributed by atoms with Crippen molar-refractivity contribution < 1.29 is 14.3 Å². The maximum absolute atomic E-state index is 12.9. The van der Waals surface area contributed by atoms with Crippen LogP contribution in [0, 0.1) is 12.8 Å². The smallest absolute Gasteiger partial charge is 0.244 e. The van der Waals surface area contributed by atoms with Crippen molar-refractivity contribution in [3.63, 3.8) is 0 Å². The molecule has 0 aliphatic carbocycles. The maximum Gasteiger partial charge on any atom is 0.244 e. The van der Waals surface area contributed by atoms with E-state index in [4.69, 9.17) is 4.74 Å². The number of piperidine rings is 1. The van der Waals surface area contributed by atoms with Crippen molar-refractivity contribution in [2.24, 2.45) is 5.92 Å². The van der Waals surface area contributed by atoms with Crippen molar-refractivity contribution in [3.8, 4) is 5.75 Å². The molecule has 1 atom stereocenters. The molecule has 0 radical (unpaired) electrons. The van der Waals surface area contributed by atoms with E-state index in [0.717, 1.165) is 24.2 Å². The number of aryl methyl sites for hydroxylation is 1. The molecule has 2 aromatic rings. The lowest BCUT2D eigenvalue weighted by molar-refractivity contribution is -0.133. The Morgan fingerprint density at radius 3 is 2.88 bits per heavy atom. The van der Waals surface area contributed by atoms with Gasteiger partial charge in [-0.25, -0.2) is 9.67 Å². The SMILES string of the molecule is COc1ccc(C(=O)C2CCCN(C(=O)Cn3cncn3)C2)c(C)c1.